The second kappa shape index (κ2) is 3.77. The minimum absolute atomic E-state index is 0.0719. The Bertz CT molecular complexity index is 370. The number of nitrogens with two attached hydrogens (primary N) is 1. The summed E-state index contributed by atoms with van der Waals surface area (Å²) in [6, 6.07) is 0. The maximum Gasteiger partial charge on any atom is 0.282 e. The highest BCUT2D eigenvalue weighted by Crippen LogP contribution is 2.29. The molecule has 1 aromatic rings. The summed E-state index contributed by atoms with van der Waals surface area (Å²) in [5, 5.41) is 11.0. The van der Waals surface area contributed by atoms with Gasteiger partial charge >= 0.3 is 0 Å². The van der Waals surface area contributed by atoms with Crippen molar-refractivity contribution < 1.29 is 4.79 Å². The first-order valence-electron chi connectivity index (χ1n) is 5.01. The van der Waals surface area contributed by atoms with Gasteiger partial charge in [-0.3, -0.25) is 4.79 Å². The lowest BCUT2D eigenvalue weighted by Gasteiger charge is -2.24. The normalized spacial score (nSPS) is 19.0. The summed E-state index contributed by atoms with van der Waals surface area (Å²) in [5.74, 6) is -0.159. The van der Waals surface area contributed by atoms with Crippen LogP contribution in [0.4, 0.5) is 5.13 Å². The van der Waals surface area contributed by atoms with Gasteiger partial charge in [0.2, 0.25) is 10.1 Å². The maximum absolute atomic E-state index is 11.8. The molecule has 1 aliphatic rings. The van der Waals surface area contributed by atoms with Crippen LogP contribution in [0, 0.1) is 0 Å². The SMILES string of the molecule is CC1(NC(=O)c2nnc(N)s2)CCCC1. The van der Waals surface area contributed by atoms with Crippen LogP contribution in [-0.4, -0.2) is 21.6 Å². The van der Waals surface area contributed by atoms with Gasteiger partial charge in [0.1, 0.15) is 0 Å². The van der Waals surface area contributed by atoms with Gasteiger partial charge in [0.05, 0.1) is 0 Å². The molecule has 0 aliphatic heterocycles. The molecule has 0 saturated heterocycles. The average molecular weight is 226 g/mol. The lowest BCUT2D eigenvalue weighted by Crippen LogP contribution is -2.43. The number of nitrogens with zero attached hydrogens (tertiary/aromatic N) is 2. The third-order valence-corrected chi connectivity index (χ3v) is 3.51. The van der Waals surface area contributed by atoms with Gasteiger partial charge < -0.3 is 11.1 Å². The van der Waals surface area contributed by atoms with Gasteiger partial charge in [0.15, 0.2) is 0 Å². The number of hydrogen-bond acceptors (Lipinski definition) is 5. The topological polar surface area (TPSA) is 80.9 Å². The first-order chi connectivity index (χ1) is 7.09. The van der Waals surface area contributed by atoms with Gasteiger partial charge in [0.25, 0.3) is 5.91 Å². The van der Waals surface area contributed by atoms with Crippen molar-refractivity contribution in [3.63, 3.8) is 0 Å². The Morgan fingerprint density at radius 2 is 2.13 bits per heavy atom. The number of amides is 1. The molecule has 1 aliphatic carbocycles. The highest BCUT2D eigenvalue weighted by atomic mass is 32.1. The fourth-order valence-corrected chi connectivity index (χ4v) is 2.44. The average Bonchev–Trinajstić information content (AvgIpc) is 2.75. The fraction of sp³-hybridized carbons (Fsp3) is 0.667. The van der Waals surface area contributed by atoms with Crippen molar-refractivity contribution in [1.29, 1.82) is 0 Å². The standard InChI is InChI=1S/C9H14N4OS/c1-9(4-2-3-5-9)11-6(14)7-12-13-8(10)15-7/h2-5H2,1H3,(H2,10,13)(H,11,14). The third kappa shape index (κ3) is 2.26. The number of hydrogen-bond donors (Lipinski definition) is 2. The zero-order valence-corrected chi connectivity index (χ0v) is 9.43. The summed E-state index contributed by atoms with van der Waals surface area (Å²) >= 11 is 1.12. The van der Waals surface area contributed by atoms with E-state index in [9.17, 15) is 4.79 Å². The molecule has 0 unspecified atom stereocenters. The van der Waals surface area contributed by atoms with Gasteiger partial charge in [-0.2, -0.15) is 0 Å². The predicted molar refractivity (Wildman–Crippen MR) is 58.7 cm³/mol. The van der Waals surface area contributed by atoms with Crippen LogP contribution in [0.15, 0.2) is 0 Å². The van der Waals surface area contributed by atoms with Gasteiger partial charge in [-0.15, -0.1) is 10.2 Å². The van der Waals surface area contributed by atoms with E-state index in [0.29, 0.717) is 10.1 Å². The zero-order valence-electron chi connectivity index (χ0n) is 8.62. The van der Waals surface area contributed by atoms with Crippen molar-refractivity contribution in [2.75, 3.05) is 5.73 Å². The monoisotopic (exact) mass is 226 g/mol. The largest absolute Gasteiger partial charge is 0.374 e. The van der Waals surface area contributed by atoms with E-state index in [2.05, 4.69) is 22.4 Å². The van der Waals surface area contributed by atoms with Crippen LogP contribution in [-0.2, 0) is 0 Å². The van der Waals surface area contributed by atoms with Crippen LogP contribution < -0.4 is 11.1 Å². The summed E-state index contributed by atoms with van der Waals surface area (Å²) in [7, 11) is 0. The Balaban J connectivity index is 2.03. The van der Waals surface area contributed by atoms with Gasteiger partial charge in [-0.05, 0) is 19.8 Å². The molecule has 2 rings (SSSR count). The molecule has 0 radical (unpaired) electrons. The molecular formula is C9H14N4OS. The van der Waals surface area contributed by atoms with Crippen LogP contribution >= 0.6 is 11.3 Å². The highest BCUT2D eigenvalue weighted by Gasteiger charge is 2.31. The molecule has 82 valence electrons. The second-order valence-electron chi connectivity index (χ2n) is 4.17. The molecule has 0 aromatic carbocycles. The van der Waals surface area contributed by atoms with Crippen LogP contribution in [0.25, 0.3) is 0 Å². The summed E-state index contributed by atoms with van der Waals surface area (Å²) < 4.78 is 0. The van der Waals surface area contributed by atoms with Crippen molar-refractivity contribution >= 4 is 22.4 Å². The summed E-state index contributed by atoms with van der Waals surface area (Å²) in [6.45, 7) is 2.07. The van der Waals surface area contributed by atoms with Crippen LogP contribution in [0.3, 0.4) is 0 Å². The molecule has 5 nitrogen and oxygen atoms in total. The van der Waals surface area contributed by atoms with E-state index in [0.717, 1.165) is 24.2 Å². The van der Waals surface area contributed by atoms with E-state index in [1.54, 1.807) is 0 Å². The molecule has 1 heterocycles. The molecule has 1 saturated carbocycles. The summed E-state index contributed by atoms with van der Waals surface area (Å²) in [5.41, 5.74) is 5.35. The minimum Gasteiger partial charge on any atom is -0.374 e. The van der Waals surface area contributed by atoms with Crippen LogP contribution in [0.5, 0.6) is 0 Å². The maximum atomic E-state index is 11.8. The Morgan fingerprint density at radius 1 is 1.47 bits per heavy atom. The third-order valence-electron chi connectivity index (χ3n) is 2.76. The Morgan fingerprint density at radius 3 is 2.67 bits per heavy atom. The van der Waals surface area contributed by atoms with Crippen molar-refractivity contribution in [2.24, 2.45) is 0 Å². The van der Waals surface area contributed by atoms with Crippen molar-refractivity contribution in [3.05, 3.63) is 5.01 Å². The molecule has 1 fully saturated rings. The van der Waals surface area contributed by atoms with E-state index in [4.69, 9.17) is 5.73 Å². The van der Waals surface area contributed by atoms with E-state index in [-0.39, 0.29) is 11.4 Å². The number of nitrogen functional groups attached to an aromatic ring is 1. The molecule has 0 bridgehead atoms. The zero-order chi connectivity index (χ0) is 10.9. The number of anilines is 1. The highest BCUT2D eigenvalue weighted by molar-refractivity contribution is 7.16. The molecule has 0 atom stereocenters. The number of rotatable bonds is 2. The molecule has 1 amide bonds. The van der Waals surface area contributed by atoms with Crippen LogP contribution in [0.1, 0.15) is 42.4 Å². The Hall–Kier alpha value is -1.17. The summed E-state index contributed by atoms with van der Waals surface area (Å²) in [6.07, 6.45) is 4.42. The number of carbonyl (C=O) groups is 1. The fourth-order valence-electron chi connectivity index (χ4n) is 1.93. The number of aromatic nitrogens is 2. The van der Waals surface area contributed by atoms with Gasteiger partial charge in [0, 0.05) is 5.54 Å². The number of carbonyl (C=O) groups excluding carboxylic acids is 1. The Labute approximate surface area is 92.1 Å². The molecule has 15 heavy (non-hydrogen) atoms. The first kappa shape index (κ1) is 10.4. The predicted octanol–water partition coefficient (Wildman–Crippen LogP) is 1.18. The smallest absolute Gasteiger partial charge is 0.282 e. The van der Waals surface area contributed by atoms with Crippen molar-refractivity contribution in [3.8, 4) is 0 Å². The van der Waals surface area contributed by atoms with Crippen molar-refractivity contribution in [1.82, 2.24) is 15.5 Å². The molecule has 1 aromatic heterocycles. The van der Waals surface area contributed by atoms with Crippen LogP contribution in [0.2, 0.25) is 0 Å². The molecule has 3 N–H and O–H groups in total. The van der Waals surface area contributed by atoms with E-state index < -0.39 is 0 Å². The minimum atomic E-state index is -0.159. The van der Waals surface area contributed by atoms with Gasteiger partial charge in [-0.1, -0.05) is 24.2 Å². The first-order valence-corrected chi connectivity index (χ1v) is 5.82. The second-order valence-corrected chi connectivity index (χ2v) is 5.18. The quantitative estimate of drug-likeness (QED) is 0.793. The molecular weight excluding hydrogens is 212 g/mol. The summed E-state index contributed by atoms with van der Waals surface area (Å²) in [4.78, 5) is 11.8. The van der Waals surface area contributed by atoms with E-state index in [1.807, 2.05) is 0 Å². The van der Waals surface area contributed by atoms with E-state index in [1.165, 1.54) is 12.8 Å². The lowest BCUT2D eigenvalue weighted by molar-refractivity contribution is 0.0907. The Kier molecular flexibility index (Phi) is 2.60. The molecule has 0 spiro atoms. The number of nitrogens with one attached hydrogen (secondary N) is 1. The van der Waals surface area contributed by atoms with E-state index >= 15 is 0 Å². The molecule has 6 heteroatoms. The van der Waals surface area contributed by atoms with Crippen molar-refractivity contribution in [2.45, 2.75) is 38.1 Å². The lowest BCUT2D eigenvalue weighted by atomic mass is 10.0. The van der Waals surface area contributed by atoms with Gasteiger partial charge in [-0.25, -0.2) is 0 Å².